The van der Waals surface area contributed by atoms with Crippen LogP contribution in [0.25, 0.3) is 0 Å². The van der Waals surface area contributed by atoms with Crippen LogP contribution in [0.15, 0.2) is 0 Å². The summed E-state index contributed by atoms with van der Waals surface area (Å²) in [4.78, 5) is 0. The summed E-state index contributed by atoms with van der Waals surface area (Å²) in [5.41, 5.74) is 5.82. The Kier molecular flexibility index (Phi) is 3.38. The van der Waals surface area contributed by atoms with Gasteiger partial charge < -0.3 is 5.73 Å². The second-order valence-electron chi connectivity index (χ2n) is 3.46. The molecule has 0 aliphatic heterocycles. The first-order chi connectivity index (χ1) is 5.33. The summed E-state index contributed by atoms with van der Waals surface area (Å²) >= 11 is 0. The molecule has 2 unspecified atom stereocenters. The van der Waals surface area contributed by atoms with Crippen LogP contribution in [-0.2, 0) is 0 Å². The van der Waals surface area contributed by atoms with Gasteiger partial charge in [0.2, 0.25) is 0 Å². The molecule has 1 aliphatic rings. The molecule has 62 valence electrons. The Hall–Kier alpha value is -0.550. The van der Waals surface area contributed by atoms with Crippen LogP contribution in [0.2, 0.25) is 0 Å². The second-order valence-corrected chi connectivity index (χ2v) is 3.46. The van der Waals surface area contributed by atoms with Crippen molar-refractivity contribution in [2.45, 2.75) is 44.6 Å². The van der Waals surface area contributed by atoms with Gasteiger partial charge in [0.05, 0.1) is 6.07 Å². The van der Waals surface area contributed by atoms with E-state index in [4.69, 9.17) is 11.0 Å². The van der Waals surface area contributed by atoms with E-state index >= 15 is 0 Å². The van der Waals surface area contributed by atoms with E-state index in [1.165, 1.54) is 19.3 Å². The van der Waals surface area contributed by atoms with Crippen LogP contribution in [0.4, 0.5) is 0 Å². The first-order valence-electron chi connectivity index (χ1n) is 4.48. The standard InChI is InChI=1S/C9H16N2/c10-7-8-4-2-1-3-5-9(11)6-8/h8-9H,1-6,11H2. The van der Waals surface area contributed by atoms with Crippen LogP contribution in [0.5, 0.6) is 0 Å². The lowest BCUT2D eigenvalue weighted by Crippen LogP contribution is -2.24. The van der Waals surface area contributed by atoms with E-state index < -0.39 is 0 Å². The zero-order valence-electron chi connectivity index (χ0n) is 6.92. The lowest BCUT2D eigenvalue weighted by molar-refractivity contribution is 0.400. The molecule has 2 nitrogen and oxygen atoms in total. The number of nitrogens with zero attached hydrogens (tertiary/aromatic N) is 1. The fraction of sp³-hybridized carbons (Fsp3) is 0.889. The summed E-state index contributed by atoms with van der Waals surface area (Å²) in [7, 11) is 0. The molecule has 0 bridgehead atoms. The molecular weight excluding hydrogens is 136 g/mol. The highest BCUT2D eigenvalue weighted by Crippen LogP contribution is 2.20. The zero-order valence-corrected chi connectivity index (χ0v) is 6.92. The summed E-state index contributed by atoms with van der Waals surface area (Å²) in [6.45, 7) is 0. The Balaban J connectivity index is 2.36. The Morgan fingerprint density at radius 1 is 1.18 bits per heavy atom. The van der Waals surface area contributed by atoms with Gasteiger partial charge in [-0.3, -0.25) is 0 Å². The van der Waals surface area contributed by atoms with E-state index in [-0.39, 0.29) is 12.0 Å². The van der Waals surface area contributed by atoms with Crippen LogP contribution in [0, 0.1) is 17.2 Å². The van der Waals surface area contributed by atoms with Gasteiger partial charge in [0.15, 0.2) is 0 Å². The van der Waals surface area contributed by atoms with E-state index in [1.54, 1.807) is 0 Å². The Labute approximate surface area is 68.4 Å². The van der Waals surface area contributed by atoms with Gasteiger partial charge in [-0.1, -0.05) is 19.3 Å². The predicted molar refractivity (Wildman–Crippen MR) is 44.8 cm³/mol. The predicted octanol–water partition coefficient (Wildman–Crippen LogP) is 1.81. The number of nitriles is 1. The van der Waals surface area contributed by atoms with Crippen molar-refractivity contribution in [3.05, 3.63) is 0 Å². The van der Waals surface area contributed by atoms with Gasteiger partial charge in [0.1, 0.15) is 0 Å². The third-order valence-electron chi connectivity index (χ3n) is 2.40. The fourth-order valence-corrected chi connectivity index (χ4v) is 1.69. The van der Waals surface area contributed by atoms with Gasteiger partial charge in [-0.15, -0.1) is 0 Å². The molecule has 0 aromatic carbocycles. The first-order valence-corrected chi connectivity index (χ1v) is 4.48. The Morgan fingerprint density at radius 2 is 1.91 bits per heavy atom. The minimum atomic E-state index is 0.227. The third-order valence-corrected chi connectivity index (χ3v) is 2.40. The van der Waals surface area contributed by atoms with Crippen molar-refractivity contribution in [3.8, 4) is 6.07 Å². The van der Waals surface area contributed by atoms with Crippen LogP contribution in [-0.4, -0.2) is 6.04 Å². The third kappa shape index (κ3) is 2.90. The molecule has 0 heterocycles. The fourth-order valence-electron chi connectivity index (χ4n) is 1.69. The van der Waals surface area contributed by atoms with Crippen molar-refractivity contribution in [2.75, 3.05) is 0 Å². The van der Waals surface area contributed by atoms with Crippen LogP contribution in [0.3, 0.4) is 0 Å². The Morgan fingerprint density at radius 3 is 2.64 bits per heavy atom. The molecular formula is C9H16N2. The summed E-state index contributed by atoms with van der Waals surface area (Å²) in [5, 5.41) is 8.72. The number of hydrogen-bond donors (Lipinski definition) is 1. The molecule has 0 amide bonds. The van der Waals surface area contributed by atoms with Gasteiger partial charge in [0, 0.05) is 12.0 Å². The maximum atomic E-state index is 8.72. The SMILES string of the molecule is N#CC1CCCCCC(N)C1. The minimum Gasteiger partial charge on any atom is -0.328 e. The van der Waals surface area contributed by atoms with Crippen molar-refractivity contribution < 1.29 is 0 Å². The molecule has 0 aromatic rings. The molecule has 1 saturated carbocycles. The van der Waals surface area contributed by atoms with E-state index in [1.807, 2.05) is 0 Å². The smallest absolute Gasteiger partial charge is 0.0656 e. The monoisotopic (exact) mass is 152 g/mol. The molecule has 1 aliphatic carbocycles. The molecule has 11 heavy (non-hydrogen) atoms. The van der Waals surface area contributed by atoms with Gasteiger partial charge in [-0.2, -0.15) is 5.26 Å². The highest BCUT2D eigenvalue weighted by molar-refractivity contribution is 4.86. The minimum absolute atomic E-state index is 0.227. The molecule has 2 atom stereocenters. The van der Waals surface area contributed by atoms with E-state index in [2.05, 4.69) is 6.07 Å². The average molecular weight is 152 g/mol. The lowest BCUT2D eigenvalue weighted by Gasteiger charge is -2.18. The first kappa shape index (κ1) is 8.55. The second kappa shape index (κ2) is 4.35. The maximum absolute atomic E-state index is 8.72. The normalized spacial score (nSPS) is 33.5. The molecule has 0 radical (unpaired) electrons. The van der Waals surface area contributed by atoms with Crippen molar-refractivity contribution >= 4 is 0 Å². The van der Waals surface area contributed by atoms with Gasteiger partial charge >= 0.3 is 0 Å². The van der Waals surface area contributed by atoms with E-state index in [9.17, 15) is 0 Å². The lowest BCUT2D eigenvalue weighted by atomic mass is 9.90. The van der Waals surface area contributed by atoms with Crippen molar-refractivity contribution in [1.29, 1.82) is 5.26 Å². The van der Waals surface area contributed by atoms with E-state index in [0.29, 0.717) is 0 Å². The number of hydrogen-bond acceptors (Lipinski definition) is 2. The number of nitrogens with two attached hydrogens (primary N) is 1. The van der Waals surface area contributed by atoms with Gasteiger partial charge in [0.25, 0.3) is 0 Å². The largest absolute Gasteiger partial charge is 0.328 e. The highest BCUT2D eigenvalue weighted by Gasteiger charge is 2.14. The molecule has 0 spiro atoms. The molecule has 2 N–H and O–H groups in total. The van der Waals surface area contributed by atoms with Crippen LogP contribution < -0.4 is 5.73 Å². The van der Waals surface area contributed by atoms with Crippen LogP contribution >= 0.6 is 0 Å². The molecule has 1 fully saturated rings. The summed E-state index contributed by atoms with van der Waals surface area (Å²) in [6.07, 6.45) is 6.80. The quantitative estimate of drug-likeness (QED) is 0.575. The molecule has 0 aromatic heterocycles. The summed E-state index contributed by atoms with van der Waals surface area (Å²) in [5.74, 6) is 0.227. The summed E-state index contributed by atoms with van der Waals surface area (Å²) < 4.78 is 0. The molecule has 2 heteroatoms. The zero-order chi connectivity index (χ0) is 8.10. The average Bonchev–Trinajstić information content (AvgIpc) is 1.96. The van der Waals surface area contributed by atoms with Crippen molar-refractivity contribution in [2.24, 2.45) is 11.7 Å². The number of rotatable bonds is 0. The molecule has 1 rings (SSSR count). The topological polar surface area (TPSA) is 49.8 Å². The molecule has 0 saturated heterocycles. The maximum Gasteiger partial charge on any atom is 0.0656 e. The Bertz CT molecular complexity index is 148. The van der Waals surface area contributed by atoms with Crippen LogP contribution in [0.1, 0.15) is 38.5 Å². The summed E-state index contributed by atoms with van der Waals surface area (Å²) in [6, 6.07) is 2.60. The van der Waals surface area contributed by atoms with Crippen molar-refractivity contribution in [3.63, 3.8) is 0 Å². The van der Waals surface area contributed by atoms with Gasteiger partial charge in [-0.25, -0.2) is 0 Å². The van der Waals surface area contributed by atoms with Crippen molar-refractivity contribution in [1.82, 2.24) is 0 Å². The van der Waals surface area contributed by atoms with Gasteiger partial charge in [-0.05, 0) is 19.3 Å². The van der Waals surface area contributed by atoms with E-state index in [0.717, 1.165) is 19.3 Å². The highest BCUT2D eigenvalue weighted by atomic mass is 14.6.